The Morgan fingerprint density at radius 3 is 2.36 bits per heavy atom. The van der Waals surface area contributed by atoms with Gasteiger partial charge in [0, 0.05) is 4.90 Å². The third-order valence-corrected chi connectivity index (χ3v) is 6.24. The monoisotopic (exact) mass is 404 g/mol. The molecule has 2 aliphatic rings. The van der Waals surface area contributed by atoms with Gasteiger partial charge >= 0.3 is 0 Å². The zero-order valence-corrected chi connectivity index (χ0v) is 16.2. The summed E-state index contributed by atoms with van der Waals surface area (Å²) in [6.45, 7) is 0.0547. The van der Waals surface area contributed by atoms with E-state index in [1.54, 1.807) is 11.8 Å². The van der Waals surface area contributed by atoms with Crippen molar-refractivity contribution in [3.8, 4) is 0 Å². The lowest BCUT2D eigenvalue weighted by Crippen LogP contribution is -2.55. The minimum absolute atomic E-state index is 0.212. The van der Waals surface area contributed by atoms with Gasteiger partial charge in [-0.2, -0.15) is 0 Å². The van der Waals surface area contributed by atoms with Gasteiger partial charge in [-0.15, -0.1) is 11.8 Å². The fourth-order valence-corrected chi connectivity index (χ4v) is 4.27. The number of aliphatic hydroxyl groups excluding tert-OH is 4. The van der Waals surface area contributed by atoms with Gasteiger partial charge in [-0.05, 0) is 46.7 Å². The number of benzene rings is 2. The van der Waals surface area contributed by atoms with Crippen LogP contribution in [0.3, 0.4) is 0 Å². The lowest BCUT2D eigenvalue weighted by molar-refractivity contribution is -0.231. The van der Waals surface area contributed by atoms with Gasteiger partial charge in [0.25, 0.3) is 0 Å². The molecule has 4 N–H and O–H groups in total. The molecule has 6 atom stereocenters. The predicted octanol–water partition coefficient (Wildman–Crippen LogP) is 1.54. The highest BCUT2D eigenvalue weighted by atomic mass is 32.2. The van der Waals surface area contributed by atoms with E-state index in [4.69, 9.17) is 9.47 Å². The Kier molecular flexibility index (Phi) is 5.76. The molecular formula is C21H24O6S. The van der Waals surface area contributed by atoms with Gasteiger partial charge in [0.15, 0.2) is 0 Å². The molecule has 0 aliphatic carbocycles. The van der Waals surface area contributed by atoms with E-state index in [0.29, 0.717) is 12.2 Å². The van der Waals surface area contributed by atoms with Crippen LogP contribution in [0, 0.1) is 0 Å². The smallest absolute Gasteiger partial charge is 0.113 e. The van der Waals surface area contributed by atoms with E-state index in [0.717, 1.165) is 16.7 Å². The summed E-state index contributed by atoms with van der Waals surface area (Å²) in [4.78, 5) is 1.18. The van der Waals surface area contributed by atoms with Crippen molar-refractivity contribution in [1.29, 1.82) is 0 Å². The molecule has 2 heterocycles. The third-order valence-electron chi connectivity index (χ3n) is 5.50. The Morgan fingerprint density at radius 1 is 0.964 bits per heavy atom. The first kappa shape index (κ1) is 19.8. The molecule has 6 nitrogen and oxygen atoms in total. The minimum Gasteiger partial charge on any atom is -0.394 e. The van der Waals surface area contributed by atoms with Gasteiger partial charge in [-0.1, -0.05) is 24.3 Å². The van der Waals surface area contributed by atoms with Crippen LogP contribution in [0.15, 0.2) is 47.4 Å². The molecule has 0 saturated carbocycles. The van der Waals surface area contributed by atoms with Gasteiger partial charge in [-0.25, -0.2) is 0 Å². The van der Waals surface area contributed by atoms with Gasteiger partial charge in [0.2, 0.25) is 0 Å². The summed E-state index contributed by atoms with van der Waals surface area (Å²) >= 11 is 1.68. The summed E-state index contributed by atoms with van der Waals surface area (Å²) in [6, 6.07) is 13.9. The van der Waals surface area contributed by atoms with E-state index in [-0.39, 0.29) is 6.10 Å². The molecule has 1 fully saturated rings. The summed E-state index contributed by atoms with van der Waals surface area (Å²) in [5, 5.41) is 39.9. The minimum atomic E-state index is -1.39. The average molecular weight is 404 g/mol. The zero-order chi connectivity index (χ0) is 19.8. The van der Waals surface area contributed by atoms with Crippen molar-refractivity contribution in [2.45, 2.75) is 48.1 Å². The second-order valence-electron chi connectivity index (χ2n) is 7.17. The molecule has 0 amide bonds. The van der Waals surface area contributed by atoms with Crippen molar-refractivity contribution in [3.05, 3.63) is 64.7 Å². The molecule has 0 radical (unpaired) electrons. The Labute approximate surface area is 167 Å². The molecule has 28 heavy (non-hydrogen) atoms. The maximum absolute atomic E-state index is 10.4. The van der Waals surface area contributed by atoms with Crippen LogP contribution < -0.4 is 0 Å². The molecule has 1 saturated heterocycles. The Balaban J connectivity index is 1.64. The van der Waals surface area contributed by atoms with Crippen molar-refractivity contribution >= 4 is 11.8 Å². The predicted molar refractivity (Wildman–Crippen MR) is 104 cm³/mol. The Hall–Kier alpha value is -1.45. The maximum atomic E-state index is 10.4. The normalized spacial score (nSPS) is 32.3. The molecule has 7 heteroatoms. The summed E-state index contributed by atoms with van der Waals surface area (Å²) in [7, 11) is 0. The Bertz CT molecular complexity index is 824. The summed E-state index contributed by atoms with van der Waals surface area (Å²) in [5.41, 5.74) is 3.77. The van der Waals surface area contributed by atoms with E-state index in [1.807, 2.05) is 36.6 Å². The SMILES string of the molecule is CSc1ccc(C2OCc3ccc(C4OC(CO)C(O)C(O)C4O)cc32)cc1. The lowest BCUT2D eigenvalue weighted by atomic mass is 9.89. The van der Waals surface area contributed by atoms with Crippen LogP contribution in [0.1, 0.15) is 34.5 Å². The number of fused-ring (bicyclic) bond motifs is 1. The van der Waals surface area contributed by atoms with Crippen LogP contribution in [0.5, 0.6) is 0 Å². The van der Waals surface area contributed by atoms with Crippen molar-refractivity contribution in [2.75, 3.05) is 12.9 Å². The highest BCUT2D eigenvalue weighted by Gasteiger charge is 2.44. The van der Waals surface area contributed by atoms with Crippen molar-refractivity contribution in [2.24, 2.45) is 0 Å². The highest BCUT2D eigenvalue weighted by molar-refractivity contribution is 7.98. The van der Waals surface area contributed by atoms with Gasteiger partial charge in [-0.3, -0.25) is 0 Å². The zero-order valence-electron chi connectivity index (χ0n) is 15.4. The van der Waals surface area contributed by atoms with Crippen LogP contribution in [0.2, 0.25) is 0 Å². The van der Waals surface area contributed by atoms with E-state index < -0.39 is 37.1 Å². The molecular weight excluding hydrogens is 380 g/mol. The molecule has 0 aromatic heterocycles. The van der Waals surface area contributed by atoms with E-state index in [9.17, 15) is 20.4 Å². The lowest BCUT2D eigenvalue weighted by Gasteiger charge is -2.40. The molecule has 2 aliphatic heterocycles. The van der Waals surface area contributed by atoms with Crippen molar-refractivity contribution < 1.29 is 29.9 Å². The van der Waals surface area contributed by atoms with Crippen LogP contribution in [-0.4, -0.2) is 57.7 Å². The number of rotatable bonds is 4. The number of aliphatic hydroxyl groups is 4. The number of ether oxygens (including phenoxy) is 2. The van der Waals surface area contributed by atoms with Crippen LogP contribution in [-0.2, 0) is 16.1 Å². The van der Waals surface area contributed by atoms with Crippen molar-refractivity contribution in [3.63, 3.8) is 0 Å². The largest absolute Gasteiger partial charge is 0.394 e. The molecule has 2 aromatic carbocycles. The maximum Gasteiger partial charge on any atom is 0.113 e. The van der Waals surface area contributed by atoms with Crippen LogP contribution in [0.25, 0.3) is 0 Å². The fourth-order valence-electron chi connectivity index (χ4n) is 3.86. The van der Waals surface area contributed by atoms with Gasteiger partial charge in [0.05, 0.1) is 13.2 Å². The van der Waals surface area contributed by atoms with Gasteiger partial charge in [0.1, 0.15) is 36.6 Å². The van der Waals surface area contributed by atoms with Crippen LogP contribution >= 0.6 is 11.8 Å². The average Bonchev–Trinajstić information content (AvgIpc) is 3.15. The molecule has 4 rings (SSSR count). The summed E-state index contributed by atoms with van der Waals surface area (Å²) < 4.78 is 11.7. The quantitative estimate of drug-likeness (QED) is 0.574. The summed E-state index contributed by atoms with van der Waals surface area (Å²) in [5.74, 6) is 0. The van der Waals surface area contributed by atoms with E-state index in [2.05, 4.69) is 12.1 Å². The molecule has 150 valence electrons. The second-order valence-corrected chi connectivity index (χ2v) is 8.05. The van der Waals surface area contributed by atoms with E-state index >= 15 is 0 Å². The molecule has 0 bridgehead atoms. The van der Waals surface area contributed by atoms with Crippen LogP contribution in [0.4, 0.5) is 0 Å². The third kappa shape index (κ3) is 3.48. The topological polar surface area (TPSA) is 99.4 Å². The first-order valence-electron chi connectivity index (χ1n) is 9.22. The highest BCUT2D eigenvalue weighted by Crippen LogP contribution is 2.40. The molecule has 0 spiro atoms. The molecule has 6 unspecified atom stereocenters. The summed E-state index contributed by atoms with van der Waals surface area (Å²) in [6.07, 6.45) is -4.01. The van der Waals surface area contributed by atoms with E-state index in [1.165, 1.54) is 4.90 Å². The number of hydrogen-bond acceptors (Lipinski definition) is 7. The standard InChI is InChI=1S/C21H24O6S/c1-28-14-6-4-11(5-7-14)20-15-8-12(2-3-13(15)10-26-20)21-19(25)18(24)17(23)16(9-22)27-21/h2-8,16-25H,9-10H2,1H3. The van der Waals surface area contributed by atoms with Crippen molar-refractivity contribution in [1.82, 2.24) is 0 Å². The second kappa shape index (κ2) is 8.12. The first-order chi connectivity index (χ1) is 13.5. The number of thioether (sulfide) groups is 1. The fraction of sp³-hybridized carbons (Fsp3) is 0.429. The van der Waals surface area contributed by atoms with Gasteiger partial charge < -0.3 is 29.9 Å². The Morgan fingerprint density at radius 2 is 1.68 bits per heavy atom. The number of hydrogen-bond donors (Lipinski definition) is 4. The molecule has 2 aromatic rings. The first-order valence-corrected chi connectivity index (χ1v) is 10.4.